The molecule has 9 heavy (non-hydrogen) atoms. The van der Waals surface area contributed by atoms with Crippen LogP contribution in [0.2, 0.25) is 0 Å². The molecule has 3 nitrogen and oxygen atoms in total. The van der Waals surface area contributed by atoms with Gasteiger partial charge in [0.15, 0.2) is 0 Å². The van der Waals surface area contributed by atoms with E-state index in [-0.39, 0.29) is 0 Å². The molecule has 0 heterocycles. The fraction of sp³-hybridized carbons (Fsp3) is 0.667. The Morgan fingerprint density at radius 1 is 1.67 bits per heavy atom. The van der Waals surface area contributed by atoms with Crippen LogP contribution in [0.25, 0.3) is 0 Å². The fourth-order valence-corrected chi connectivity index (χ4v) is 0.316. The highest BCUT2D eigenvalue weighted by molar-refractivity contribution is 5.60. The molecule has 0 spiro atoms. The Labute approximate surface area is 55.0 Å². The predicted molar refractivity (Wildman–Crippen MR) is 32.7 cm³/mol. The lowest BCUT2D eigenvalue weighted by atomic mass is 10.5. The van der Waals surface area contributed by atoms with Crippen LogP contribution in [-0.4, -0.2) is 12.8 Å². The summed E-state index contributed by atoms with van der Waals surface area (Å²) in [6.07, 6.45) is 0.193. The van der Waals surface area contributed by atoms with E-state index < -0.39 is 6.16 Å². The molecule has 0 aliphatic heterocycles. The molecule has 0 aromatic rings. The fourth-order valence-electron chi connectivity index (χ4n) is 0.316. The van der Waals surface area contributed by atoms with E-state index in [2.05, 4.69) is 9.47 Å². The number of carbonyl (C=O) groups is 1. The second kappa shape index (κ2) is 5.41. The van der Waals surface area contributed by atoms with E-state index >= 15 is 0 Å². The van der Waals surface area contributed by atoms with Gasteiger partial charge in [0, 0.05) is 0 Å². The minimum Gasteiger partial charge on any atom is -0.434 e. The van der Waals surface area contributed by atoms with E-state index in [4.69, 9.17) is 0 Å². The van der Waals surface area contributed by atoms with Crippen molar-refractivity contribution in [3.8, 4) is 0 Å². The molecule has 0 aliphatic carbocycles. The molecule has 3 heteroatoms. The second-order valence-corrected chi connectivity index (χ2v) is 1.45. The molecule has 0 bridgehead atoms. The minimum absolute atomic E-state index is 0.423. The average Bonchev–Trinajstić information content (AvgIpc) is 1.85. The topological polar surface area (TPSA) is 35.5 Å². The highest BCUT2D eigenvalue weighted by atomic mass is 16.7. The monoisotopic (exact) mass is 131 g/mol. The van der Waals surface area contributed by atoms with Crippen molar-refractivity contribution in [3.05, 3.63) is 6.61 Å². The van der Waals surface area contributed by atoms with Gasteiger partial charge < -0.3 is 9.47 Å². The van der Waals surface area contributed by atoms with Gasteiger partial charge in [0.05, 0.1) is 6.61 Å². The third kappa shape index (κ3) is 5.14. The average molecular weight is 131 g/mol. The molecule has 0 aromatic carbocycles. The van der Waals surface area contributed by atoms with Gasteiger partial charge in [-0.15, -0.1) is 0 Å². The Morgan fingerprint density at radius 3 is 2.78 bits per heavy atom. The molecule has 0 unspecified atom stereocenters. The molecule has 0 amide bonds. The molecule has 0 aromatic heterocycles. The molecule has 0 rings (SSSR count). The van der Waals surface area contributed by atoms with Crippen LogP contribution in [0.1, 0.15) is 20.3 Å². The molecule has 53 valence electrons. The van der Waals surface area contributed by atoms with Crippen molar-refractivity contribution < 1.29 is 14.3 Å². The lowest BCUT2D eigenvalue weighted by Crippen LogP contribution is -2.04. The molecule has 0 fully saturated rings. The Bertz CT molecular complexity index is 80.4. The SMILES string of the molecule is C[CH]OC(=O)OCCC. The number of ether oxygens (including phenoxy) is 2. The van der Waals surface area contributed by atoms with Crippen LogP contribution in [0.3, 0.4) is 0 Å². The van der Waals surface area contributed by atoms with E-state index in [1.807, 2.05) is 6.92 Å². The molecule has 1 radical (unpaired) electrons. The zero-order valence-electron chi connectivity index (χ0n) is 5.72. The quantitative estimate of drug-likeness (QED) is 0.547. The Hall–Kier alpha value is -0.730. The first-order valence-corrected chi connectivity index (χ1v) is 2.92. The summed E-state index contributed by atoms with van der Waals surface area (Å²) in [4.78, 5) is 10.3. The maximum atomic E-state index is 10.3. The molecule has 0 aliphatic rings. The van der Waals surface area contributed by atoms with E-state index in [1.165, 1.54) is 6.61 Å². The summed E-state index contributed by atoms with van der Waals surface area (Å²) < 4.78 is 8.90. The lowest BCUT2D eigenvalue weighted by molar-refractivity contribution is 0.0750. The molecule has 0 saturated heterocycles. The molecule has 0 N–H and O–H groups in total. The lowest BCUT2D eigenvalue weighted by Gasteiger charge is -1.99. The highest BCUT2D eigenvalue weighted by Gasteiger charge is 1.98. The summed E-state index contributed by atoms with van der Waals surface area (Å²) in [6, 6.07) is 0. The number of rotatable bonds is 3. The zero-order valence-corrected chi connectivity index (χ0v) is 5.72. The molecular formula is C6H11O3. The minimum atomic E-state index is -0.626. The van der Waals surface area contributed by atoms with Gasteiger partial charge in [-0.25, -0.2) is 4.79 Å². The van der Waals surface area contributed by atoms with Crippen LogP contribution in [-0.2, 0) is 9.47 Å². The smallest absolute Gasteiger partial charge is 0.434 e. The van der Waals surface area contributed by atoms with E-state index in [9.17, 15) is 4.79 Å². The Kier molecular flexibility index (Phi) is 4.97. The van der Waals surface area contributed by atoms with E-state index in [0.29, 0.717) is 6.61 Å². The first kappa shape index (κ1) is 8.27. The first-order valence-electron chi connectivity index (χ1n) is 2.92. The Morgan fingerprint density at radius 2 is 2.33 bits per heavy atom. The Balaban J connectivity index is 3.06. The van der Waals surface area contributed by atoms with Crippen LogP contribution in [0.4, 0.5) is 4.79 Å². The largest absolute Gasteiger partial charge is 0.508 e. The summed E-state index contributed by atoms with van der Waals surface area (Å²) in [6.45, 7) is 5.25. The van der Waals surface area contributed by atoms with Crippen molar-refractivity contribution in [2.45, 2.75) is 20.3 Å². The van der Waals surface area contributed by atoms with Crippen LogP contribution >= 0.6 is 0 Å². The summed E-state index contributed by atoms with van der Waals surface area (Å²) in [5, 5.41) is 0. The predicted octanol–water partition coefficient (Wildman–Crippen LogP) is 1.73. The van der Waals surface area contributed by atoms with Gasteiger partial charge in [-0.05, 0) is 13.3 Å². The first-order chi connectivity index (χ1) is 4.31. The normalized spacial score (nSPS) is 8.67. The summed E-state index contributed by atoms with van der Waals surface area (Å²) in [5.74, 6) is 0. The number of carbonyl (C=O) groups excluding carboxylic acids is 1. The van der Waals surface area contributed by atoms with Crippen LogP contribution in [0.5, 0.6) is 0 Å². The van der Waals surface area contributed by atoms with Crippen molar-refractivity contribution >= 4 is 6.16 Å². The van der Waals surface area contributed by atoms with Crippen molar-refractivity contribution in [2.24, 2.45) is 0 Å². The van der Waals surface area contributed by atoms with Crippen molar-refractivity contribution in [1.82, 2.24) is 0 Å². The van der Waals surface area contributed by atoms with Gasteiger partial charge in [0.25, 0.3) is 0 Å². The summed E-state index contributed by atoms with van der Waals surface area (Å²) in [5.41, 5.74) is 0. The van der Waals surface area contributed by atoms with Crippen LogP contribution in [0.15, 0.2) is 0 Å². The van der Waals surface area contributed by atoms with Crippen LogP contribution in [0, 0.1) is 6.61 Å². The highest BCUT2D eigenvalue weighted by Crippen LogP contribution is 1.88. The second-order valence-electron chi connectivity index (χ2n) is 1.45. The third-order valence-electron chi connectivity index (χ3n) is 0.638. The van der Waals surface area contributed by atoms with E-state index in [1.54, 1.807) is 6.92 Å². The van der Waals surface area contributed by atoms with Crippen molar-refractivity contribution in [2.75, 3.05) is 6.61 Å². The number of hydrogen-bond acceptors (Lipinski definition) is 3. The summed E-state index contributed by atoms with van der Waals surface area (Å²) in [7, 11) is 0. The maximum Gasteiger partial charge on any atom is 0.508 e. The maximum absolute atomic E-state index is 10.3. The standard InChI is InChI=1S/C6H11O3/c1-3-5-9-6(7)8-4-2/h4H,3,5H2,1-2H3. The van der Waals surface area contributed by atoms with Gasteiger partial charge in [0.2, 0.25) is 0 Å². The molecular weight excluding hydrogens is 120 g/mol. The van der Waals surface area contributed by atoms with Gasteiger partial charge >= 0.3 is 6.16 Å². The van der Waals surface area contributed by atoms with Gasteiger partial charge in [0.1, 0.15) is 6.61 Å². The van der Waals surface area contributed by atoms with Crippen LogP contribution < -0.4 is 0 Å². The molecule has 0 atom stereocenters. The van der Waals surface area contributed by atoms with Crippen molar-refractivity contribution in [1.29, 1.82) is 0 Å². The van der Waals surface area contributed by atoms with E-state index in [0.717, 1.165) is 6.42 Å². The van der Waals surface area contributed by atoms with Gasteiger partial charge in [-0.3, -0.25) is 0 Å². The molecule has 0 saturated carbocycles. The number of hydrogen-bond donors (Lipinski definition) is 0. The summed E-state index contributed by atoms with van der Waals surface area (Å²) >= 11 is 0. The van der Waals surface area contributed by atoms with Gasteiger partial charge in [-0.2, -0.15) is 0 Å². The zero-order chi connectivity index (χ0) is 7.11. The van der Waals surface area contributed by atoms with Gasteiger partial charge in [-0.1, -0.05) is 6.92 Å². The third-order valence-corrected chi connectivity index (χ3v) is 0.638. The van der Waals surface area contributed by atoms with Crippen molar-refractivity contribution in [3.63, 3.8) is 0 Å².